The van der Waals surface area contributed by atoms with Crippen molar-refractivity contribution in [2.45, 2.75) is 96.9 Å². The number of aliphatic hydroxyl groups is 1. The van der Waals surface area contributed by atoms with Gasteiger partial charge in [-0.05, 0) is 42.1 Å². The highest BCUT2D eigenvalue weighted by Gasteiger charge is 2.55. The predicted octanol–water partition coefficient (Wildman–Crippen LogP) is 4.81. The van der Waals surface area contributed by atoms with Gasteiger partial charge in [0.15, 0.2) is 48.8 Å². The number of carbonyl (C=O) groups is 2. The predicted molar refractivity (Wildman–Crippen MR) is 240 cm³/mol. The number of nitrogens with one attached hydrogen (secondary N) is 3. The van der Waals surface area contributed by atoms with Gasteiger partial charge in [0.1, 0.15) is 31.0 Å². The number of imidazole rings is 2. The Morgan fingerprint density at radius 3 is 2.45 bits per heavy atom. The van der Waals surface area contributed by atoms with Crippen LogP contribution < -0.4 is 16.2 Å². The molecule has 1 aliphatic heterocycles. The highest BCUT2D eigenvalue weighted by atomic mass is 32.5. The van der Waals surface area contributed by atoms with E-state index in [4.69, 9.17) is 39.1 Å². The number of hydrogen-bond acceptors (Lipinski definition) is 18. The number of aromatic nitrogens is 8. The first-order valence-corrected chi connectivity index (χ1v) is 26.9. The van der Waals surface area contributed by atoms with Crippen molar-refractivity contribution in [3.63, 3.8) is 0 Å². The molecule has 27 heteroatoms. The highest BCUT2D eigenvalue weighted by Crippen LogP contribution is 2.52. The van der Waals surface area contributed by atoms with Gasteiger partial charge in [0.25, 0.3) is 11.5 Å². The number of anilines is 2. The molecule has 2 unspecified atom stereocenters. The van der Waals surface area contributed by atoms with Gasteiger partial charge >= 0.3 is 15.0 Å². The zero-order valence-corrected chi connectivity index (χ0v) is 40.1. The third-order valence-electron chi connectivity index (χ3n) is 10.7. The minimum atomic E-state index is -3.79. The average molecular weight is 975 g/mol. The molecule has 2 amide bonds. The summed E-state index contributed by atoms with van der Waals surface area (Å²) in [6, 6.07) is 10.5. The number of hydrogen-bond donors (Lipinski definition) is 5. The maximum Gasteiger partial charge on any atom is 0.695 e. The van der Waals surface area contributed by atoms with Crippen molar-refractivity contribution in [1.29, 1.82) is 5.26 Å². The summed E-state index contributed by atoms with van der Waals surface area (Å²) in [6.45, 7) is 8.16. The first kappa shape index (κ1) is 49.6. The lowest BCUT2D eigenvalue weighted by Gasteiger charge is -2.40. The second-order valence-corrected chi connectivity index (χ2v) is 24.9. The van der Waals surface area contributed by atoms with Gasteiger partial charge in [-0.15, -0.1) is 9.42 Å². The largest absolute Gasteiger partial charge is 0.695 e. The molecule has 5 N–H and O–H groups in total. The van der Waals surface area contributed by atoms with Crippen molar-refractivity contribution >= 4 is 81.0 Å². The number of carbonyl (C=O) groups excluding carboxylic acids is 2. The number of H-pyrrole nitrogens is 1. The van der Waals surface area contributed by atoms with E-state index in [1.54, 1.807) is 44.2 Å². The molecular formula is C38H50N11O12P2SSi+. The van der Waals surface area contributed by atoms with Crippen LogP contribution in [0.15, 0.2) is 47.8 Å². The number of aliphatic hydroxyl groups excluding tert-OH is 1. The van der Waals surface area contributed by atoms with E-state index in [1.165, 1.54) is 21.8 Å². The third kappa shape index (κ3) is 11.6. The Bertz CT molecular complexity index is 2690. The van der Waals surface area contributed by atoms with Crippen LogP contribution in [0.3, 0.4) is 0 Å². The van der Waals surface area contributed by atoms with Crippen molar-refractivity contribution in [3.8, 4) is 6.07 Å². The molecule has 4 aromatic heterocycles. The lowest BCUT2D eigenvalue weighted by molar-refractivity contribution is -0.118. The van der Waals surface area contributed by atoms with Crippen molar-refractivity contribution in [3.05, 3.63) is 64.7 Å². The van der Waals surface area contributed by atoms with Crippen LogP contribution in [0.4, 0.5) is 11.8 Å². The lowest BCUT2D eigenvalue weighted by Crippen LogP contribution is -2.50. The lowest BCUT2D eigenvalue weighted by atomic mass is 10.1. The van der Waals surface area contributed by atoms with Crippen molar-refractivity contribution in [1.82, 2.24) is 39.0 Å². The molecule has 5 heterocycles. The minimum absolute atomic E-state index is 0.0485. The summed E-state index contributed by atoms with van der Waals surface area (Å²) >= 11 is 5.85. The molecule has 1 aromatic carbocycles. The molecule has 0 saturated carbocycles. The van der Waals surface area contributed by atoms with E-state index in [1.807, 2.05) is 39.9 Å². The van der Waals surface area contributed by atoms with Crippen LogP contribution in [-0.2, 0) is 61.6 Å². The SMILES string of the molecule is CC(C)C(=O)Nc1nc2c(nc(CO)n2CCOP(=S)(OCCC#N)OC[C@H]2O[C@@H](n3cnc4c(NC(=O)c5ccccc5)ncnc43)[C@H](O[P+](=O)O)[C@@H]2O[Si](C)(C)C(C)(C)C)c(=O)[nH]1. The number of ether oxygens (including phenoxy) is 1. The molecule has 1 aliphatic rings. The molecule has 1 saturated heterocycles. The summed E-state index contributed by atoms with van der Waals surface area (Å²) in [7, 11) is -5.97. The quantitative estimate of drug-likeness (QED) is 0.0397. The first-order valence-electron chi connectivity index (χ1n) is 20.3. The van der Waals surface area contributed by atoms with Crippen molar-refractivity contribution in [2.75, 3.05) is 30.5 Å². The smallest absolute Gasteiger partial charge is 0.408 e. The van der Waals surface area contributed by atoms with E-state index in [0.29, 0.717) is 5.56 Å². The van der Waals surface area contributed by atoms with Gasteiger partial charge in [-0.1, -0.05) is 52.8 Å². The highest BCUT2D eigenvalue weighted by molar-refractivity contribution is 8.07. The Labute approximate surface area is 379 Å². The summed E-state index contributed by atoms with van der Waals surface area (Å²) in [5.41, 5.74) is 0.0677. The van der Waals surface area contributed by atoms with Gasteiger partial charge in [-0.3, -0.25) is 29.3 Å². The fourth-order valence-electron chi connectivity index (χ4n) is 6.30. The van der Waals surface area contributed by atoms with Crippen LogP contribution in [0.1, 0.15) is 63.4 Å². The average Bonchev–Trinajstić information content (AvgIpc) is 3.94. The van der Waals surface area contributed by atoms with E-state index >= 15 is 0 Å². The van der Waals surface area contributed by atoms with Gasteiger partial charge in [-0.25, -0.2) is 19.9 Å². The van der Waals surface area contributed by atoms with Crippen molar-refractivity contribution < 1.29 is 51.4 Å². The molecule has 65 heavy (non-hydrogen) atoms. The molecule has 0 spiro atoms. The van der Waals surface area contributed by atoms with Crippen LogP contribution in [0.2, 0.25) is 18.1 Å². The summed E-state index contributed by atoms with van der Waals surface area (Å²) in [5, 5.41) is 24.4. The van der Waals surface area contributed by atoms with Gasteiger partial charge in [-0.2, -0.15) is 10.2 Å². The van der Waals surface area contributed by atoms with Crippen molar-refractivity contribution in [2.24, 2.45) is 5.92 Å². The standard InChI is InChI=1S/C38H49N11O12P2SSi/c1-22(2)33(51)46-37-45-32-27(35(53)47-37)43-25(18-50)48(32)15-17-57-63(64,56-16-11-14-39)58-19-24-28(61-65(6,7)38(3,4)5)29(60-62(54)55)36(59-24)49-21-42-26-30(40-20-41-31(26)49)44-34(52)23-12-9-8-10-13-23/h8-10,12-13,20-22,24,28-29,36,50H,11,15-19H2,1-7H3,(H3-,40,41,44,45,46,47,51,52,53,54,55)/p+1/t24-,28-,29-,36-,63?/m1/s1. The van der Waals surface area contributed by atoms with E-state index in [9.17, 15) is 34.2 Å². The second-order valence-electron chi connectivity index (χ2n) is 16.5. The normalized spacial score (nSPS) is 19.1. The molecular weight excluding hydrogens is 925 g/mol. The fourth-order valence-corrected chi connectivity index (χ4v) is 9.85. The molecule has 23 nitrogen and oxygen atoms in total. The number of fused-ring (bicyclic) bond motifs is 2. The Balaban J connectivity index is 1.29. The van der Waals surface area contributed by atoms with E-state index in [2.05, 4.69) is 40.5 Å². The maximum absolute atomic E-state index is 13.1. The van der Waals surface area contributed by atoms with E-state index < -0.39 is 71.8 Å². The molecule has 0 aliphatic carbocycles. The number of nitrogens with zero attached hydrogens (tertiary/aromatic N) is 8. The van der Waals surface area contributed by atoms with Crippen LogP contribution in [0.25, 0.3) is 22.3 Å². The van der Waals surface area contributed by atoms with Gasteiger partial charge in [0.2, 0.25) is 11.9 Å². The molecule has 5 aromatic rings. The number of benzene rings is 1. The topological polar surface area (TPSA) is 302 Å². The molecule has 6 rings (SSSR count). The molecule has 348 valence electrons. The maximum atomic E-state index is 13.1. The minimum Gasteiger partial charge on any atom is -0.408 e. The van der Waals surface area contributed by atoms with Crippen LogP contribution in [0.5, 0.6) is 0 Å². The summed E-state index contributed by atoms with van der Waals surface area (Å²) in [5.74, 6) is -1.19. The van der Waals surface area contributed by atoms with Crippen LogP contribution in [0, 0.1) is 17.2 Å². The summed E-state index contributed by atoms with van der Waals surface area (Å²) in [6.07, 6.45) is -2.07. The second kappa shape index (κ2) is 20.8. The van der Waals surface area contributed by atoms with E-state index in [-0.39, 0.29) is 83.7 Å². The third-order valence-corrected chi connectivity index (χ3v) is 18.0. The van der Waals surface area contributed by atoms with Gasteiger partial charge < -0.3 is 37.7 Å². The fraction of sp³-hybridized carbons (Fsp3) is 0.500. The molecule has 1 fully saturated rings. The zero-order chi connectivity index (χ0) is 47.3. The van der Waals surface area contributed by atoms with Gasteiger partial charge in [0, 0.05) is 22.6 Å². The summed E-state index contributed by atoms with van der Waals surface area (Å²) in [4.78, 5) is 72.8. The Hall–Kier alpha value is -4.80. The number of rotatable bonds is 20. The monoisotopic (exact) mass is 974 g/mol. The molecule has 0 bridgehead atoms. The number of aromatic amines is 1. The Morgan fingerprint density at radius 1 is 1.06 bits per heavy atom. The van der Waals surface area contributed by atoms with Crippen LogP contribution in [-0.4, -0.2) is 107 Å². The first-order chi connectivity index (χ1) is 30.8. The Morgan fingerprint density at radius 2 is 1.78 bits per heavy atom. The zero-order valence-electron chi connectivity index (χ0n) is 36.5. The molecule has 0 radical (unpaired) electrons. The number of nitriles is 1. The van der Waals surface area contributed by atoms with Gasteiger partial charge in [0.05, 0.1) is 38.6 Å². The number of amides is 2. The molecule has 6 atom stereocenters. The Kier molecular flexibility index (Phi) is 15.9. The summed E-state index contributed by atoms with van der Waals surface area (Å²) < 4.78 is 52.9. The van der Waals surface area contributed by atoms with Crippen LogP contribution >= 0.6 is 15.0 Å². The van der Waals surface area contributed by atoms with E-state index in [0.717, 1.165) is 0 Å².